The number of nitrogens with zero attached hydrogens (tertiary/aromatic N) is 4. The Bertz CT molecular complexity index is 696. The molecule has 2 rings (SSSR count). The first kappa shape index (κ1) is 24.5. The molecule has 28 heavy (non-hydrogen) atoms. The van der Waals surface area contributed by atoms with Gasteiger partial charge in [0.15, 0.2) is 11.7 Å². The van der Waals surface area contributed by atoms with Crippen molar-refractivity contribution in [2.45, 2.75) is 38.4 Å². The van der Waals surface area contributed by atoms with Crippen molar-refractivity contribution < 1.29 is 18.0 Å². The predicted octanol–water partition coefficient (Wildman–Crippen LogP) is 2.37. The number of nitrogens with one attached hydrogen (secondary N) is 2. The topological polar surface area (TPSA) is 74.5 Å². The molecule has 0 atom stereocenters. The summed E-state index contributed by atoms with van der Waals surface area (Å²) in [6, 6.07) is 0. The third kappa shape index (κ3) is 5.74. The fourth-order valence-corrected chi connectivity index (χ4v) is 3.55. The second-order valence-corrected chi connectivity index (χ2v) is 7.14. The van der Waals surface area contributed by atoms with Crippen LogP contribution in [0.3, 0.4) is 0 Å². The van der Waals surface area contributed by atoms with Crippen molar-refractivity contribution in [1.29, 1.82) is 0 Å². The molecule has 0 aliphatic heterocycles. The van der Waals surface area contributed by atoms with Gasteiger partial charge in [-0.25, -0.2) is 0 Å². The van der Waals surface area contributed by atoms with Gasteiger partial charge in [0, 0.05) is 53.0 Å². The minimum atomic E-state index is -4.51. The fraction of sp³-hybridized carbons (Fsp3) is 0.706. The van der Waals surface area contributed by atoms with Gasteiger partial charge in [0.1, 0.15) is 0 Å². The number of guanidine groups is 1. The number of hydrogen-bond acceptors (Lipinski definition) is 3. The molecule has 11 heteroatoms. The highest BCUT2D eigenvalue weighted by atomic mass is 127. The molecule has 0 unspecified atom stereocenters. The first-order valence-electron chi connectivity index (χ1n) is 8.85. The summed E-state index contributed by atoms with van der Waals surface area (Å²) < 4.78 is 40.3. The first-order valence-corrected chi connectivity index (χ1v) is 8.85. The lowest BCUT2D eigenvalue weighted by atomic mass is 9.84. The number of aryl methyl sites for hydroxylation is 1. The van der Waals surface area contributed by atoms with Gasteiger partial charge < -0.3 is 15.5 Å². The third-order valence-electron chi connectivity index (χ3n) is 4.86. The zero-order valence-corrected chi connectivity index (χ0v) is 18.9. The summed E-state index contributed by atoms with van der Waals surface area (Å²) in [5.74, 6) is 0.416. The first-order chi connectivity index (χ1) is 12.6. The molecule has 2 N–H and O–H groups in total. The van der Waals surface area contributed by atoms with Crippen LogP contribution in [0.15, 0.2) is 11.2 Å². The maximum absolute atomic E-state index is 13.0. The number of aliphatic imine (C=N–C) groups is 1. The number of rotatable bonds is 5. The summed E-state index contributed by atoms with van der Waals surface area (Å²) in [5.41, 5.74) is -1.37. The van der Waals surface area contributed by atoms with Crippen molar-refractivity contribution in [3.63, 3.8) is 0 Å². The molecule has 1 saturated carbocycles. The van der Waals surface area contributed by atoms with Crippen LogP contribution in [-0.2, 0) is 24.6 Å². The third-order valence-corrected chi connectivity index (χ3v) is 4.86. The second kappa shape index (κ2) is 9.79. The minimum Gasteiger partial charge on any atom is -0.355 e. The highest BCUT2D eigenvalue weighted by Gasteiger charge is 2.42. The molecule has 7 nitrogen and oxygen atoms in total. The zero-order valence-electron chi connectivity index (χ0n) is 16.6. The molecule has 1 heterocycles. The van der Waals surface area contributed by atoms with Gasteiger partial charge in [0.05, 0.1) is 5.41 Å². The van der Waals surface area contributed by atoms with Crippen molar-refractivity contribution in [3.05, 3.63) is 17.5 Å². The summed E-state index contributed by atoms with van der Waals surface area (Å²) in [6.45, 7) is 0.319. The lowest BCUT2D eigenvalue weighted by Crippen LogP contribution is -2.49. The van der Waals surface area contributed by atoms with E-state index >= 15 is 0 Å². The molecular formula is C17H28F3IN6O. The molecule has 0 bridgehead atoms. The molecule has 1 aliphatic rings. The Hall–Kier alpha value is -1.53. The number of amides is 1. The molecule has 1 fully saturated rings. The molecule has 1 aromatic rings. The molecule has 1 aromatic heterocycles. The van der Waals surface area contributed by atoms with Crippen LogP contribution in [0.2, 0.25) is 0 Å². The number of carbonyl (C=O) groups is 1. The van der Waals surface area contributed by atoms with Crippen LogP contribution in [0.5, 0.6) is 0 Å². The van der Waals surface area contributed by atoms with E-state index in [1.807, 2.05) is 0 Å². The summed E-state index contributed by atoms with van der Waals surface area (Å²) in [4.78, 5) is 18.2. The van der Waals surface area contributed by atoms with E-state index in [0.717, 1.165) is 30.4 Å². The average molecular weight is 516 g/mol. The van der Waals surface area contributed by atoms with Crippen LogP contribution in [0, 0.1) is 5.41 Å². The Morgan fingerprint density at radius 1 is 1.32 bits per heavy atom. The minimum absolute atomic E-state index is 0. The monoisotopic (exact) mass is 516 g/mol. The van der Waals surface area contributed by atoms with Gasteiger partial charge >= 0.3 is 6.18 Å². The highest BCUT2D eigenvalue weighted by Crippen LogP contribution is 2.39. The van der Waals surface area contributed by atoms with Crippen molar-refractivity contribution in [2.24, 2.45) is 17.5 Å². The van der Waals surface area contributed by atoms with Gasteiger partial charge in [0.25, 0.3) is 0 Å². The quantitative estimate of drug-likeness (QED) is 0.358. The van der Waals surface area contributed by atoms with E-state index in [1.54, 1.807) is 26.0 Å². The number of aromatic nitrogens is 2. The molecule has 1 amide bonds. The van der Waals surface area contributed by atoms with E-state index in [0.29, 0.717) is 12.5 Å². The van der Waals surface area contributed by atoms with Crippen LogP contribution in [-0.4, -0.2) is 54.2 Å². The predicted molar refractivity (Wildman–Crippen MR) is 111 cm³/mol. The van der Waals surface area contributed by atoms with Gasteiger partial charge in [-0.15, -0.1) is 24.0 Å². The van der Waals surface area contributed by atoms with Crippen molar-refractivity contribution in [1.82, 2.24) is 25.3 Å². The Balaban J connectivity index is 0.00000392. The molecule has 0 saturated heterocycles. The van der Waals surface area contributed by atoms with Gasteiger partial charge in [-0.1, -0.05) is 12.8 Å². The van der Waals surface area contributed by atoms with E-state index in [1.165, 1.54) is 13.2 Å². The maximum Gasteiger partial charge on any atom is 0.435 e. The number of alkyl halides is 3. The molecule has 160 valence electrons. The normalized spacial score (nSPS) is 16.5. The van der Waals surface area contributed by atoms with E-state index in [4.69, 9.17) is 0 Å². The van der Waals surface area contributed by atoms with Gasteiger partial charge in [0.2, 0.25) is 5.91 Å². The smallest absolute Gasteiger partial charge is 0.355 e. The van der Waals surface area contributed by atoms with Crippen LogP contribution in [0.4, 0.5) is 13.2 Å². The number of halogens is 4. The lowest BCUT2D eigenvalue weighted by Gasteiger charge is -2.31. The largest absolute Gasteiger partial charge is 0.435 e. The molecule has 1 aliphatic carbocycles. The van der Waals surface area contributed by atoms with E-state index in [2.05, 4.69) is 20.7 Å². The van der Waals surface area contributed by atoms with Crippen LogP contribution >= 0.6 is 24.0 Å². The summed E-state index contributed by atoms with van der Waals surface area (Å²) in [5, 5.41) is 9.48. The molecule has 0 aromatic carbocycles. The highest BCUT2D eigenvalue weighted by molar-refractivity contribution is 14.0. The maximum atomic E-state index is 13.0. The summed E-state index contributed by atoms with van der Waals surface area (Å²) in [7, 11) is 6.45. The van der Waals surface area contributed by atoms with Crippen LogP contribution in [0.25, 0.3) is 0 Å². The molecule has 0 radical (unpaired) electrons. The van der Waals surface area contributed by atoms with Crippen molar-refractivity contribution >= 4 is 35.8 Å². The lowest BCUT2D eigenvalue weighted by molar-refractivity contribution is -0.142. The van der Waals surface area contributed by atoms with E-state index in [9.17, 15) is 18.0 Å². The van der Waals surface area contributed by atoms with Gasteiger partial charge in [-0.2, -0.15) is 18.3 Å². The van der Waals surface area contributed by atoms with Crippen LogP contribution < -0.4 is 10.6 Å². The summed E-state index contributed by atoms with van der Waals surface area (Å²) in [6.07, 6.45) is 0.359. The zero-order chi connectivity index (χ0) is 20.2. The molecular weight excluding hydrogens is 488 g/mol. The number of hydrogen-bond donors (Lipinski definition) is 2. The average Bonchev–Trinajstić information content (AvgIpc) is 3.21. The van der Waals surface area contributed by atoms with Gasteiger partial charge in [-0.3, -0.25) is 14.5 Å². The standard InChI is InChI=1S/C17H27F3N6O.HI/c1-21-15(22-9-12-10-26(4)24-13(12)17(18,19)20)23-11-16(7-5-6-8-16)14(27)25(2)3;/h10H,5-9,11H2,1-4H3,(H2,21,22,23);1H. The van der Waals surface area contributed by atoms with E-state index < -0.39 is 17.3 Å². The second-order valence-electron chi connectivity index (χ2n) is 7.14. The van der Waals surface area contributed by atoms with E-state index in [-0.39, 0.29) is 42.0 Å². The Kier molecular flexibility index (Phi) is 8.57. The van der Waals surface area contributed by atoms with Gasteiger partial charge in [-0.05, 0) is 12.8 Å². The SMILES string of the molecule is CN=C(NCc1cn(C)nc1C(F)(F)F)NCC1(C(=O)N(C)C)CCCC1.I. The van der Waals surface area contributed by atoms with Crippen molar-refractivity contribution in [3.8, 4) is 0 Å². The Morgan fingerprint density at radius 2 is 1.93 bits per heavy atom. The Labute approximate surface area is 180 Å². The number of carbonyl (C=O) groups excluding carboxylic acids is 1. The van der Waals surface area contributed by atoms with Crippen LogP contribution in [0.1, 0.15) is 36.9 Å². The molecule has 0 spiro atoms. The van der Waals surface area contributed by atoms with Crippen molar-refractivity contribution in [2.75, 3.05) is 27.7 Å². The fourth-order valence-electron chi connectivity index (χ4n) is 3.55. The Morgan fingerprint density at radius 3 is 2.43 bits per heavy atom. The summed E-state index contributed by atoms with van der Waals surface area (Å²) >= 11 is 0.